The Morgan fingerprint density at radius 1 is 1.15 bits per heavy atom. The molecule has 2 N–H and O–H groups in total. The molecule has 0 aliphatic carbocycles. The molecular formula is C11H16O2. The summed E-state index contributed by atoms with van der Waals surface area (Å²) in [6.45, 7) is 4.20. The first-order chi connectivity index (χ1) is 6.19. The number of hydrogen-bond donors (Lipinski definition) is 2. The summed E-state index contributed by atoms with van der Waals surface area (Å²) in [5.74, 6) is 0. The van der Waals surface area contributed by atoms with Crippen molar-refractivity contribution >= 4 is 0 Å². The maximum Gasteiger partial charge on any atom is 0.0687 e. The van der Waals surface area contributed by atoms with Crippen molar-refractivity contribution in [2.45, 2.75) is 26.9 Å². The molecule has 0 bridgehead atoms. The van der Waals surface area contributed by atoms with Gasteiger partial charge >= 0.3 is 0 Å². The molecule has 1 aromatic carbocycles. The molecule has 13 heavy (non-hydrogen) atoms. The average molecular weight is 180 g/mol. The Balaban J connectivity index is 3.13. The van der Waals surface area contributed by atoms with Crippen molar-refractivity contribution in [3.63, 3.8) is 0 Å². The van der Waals surface area contributed by atoms with E-state index in [1.54, 1.807) is 0 Å². The van der Waals surface area contributed by atoms with Gasteiger partial charge in [0.1, 0.15) is 0 Å². The van der Waals surface area contributed by atoms with Gasteiger partial charge in [-0.2, -0.15) is 0 Å². The van der Waals surface area contributed by atoms with Gasteiger partial charge in [0.05, 0.1) is 6.61 Å². The monoisotopic (exact) mass is 180 g/mol. The Morgan fingerprint density at radius 2 is 1.85 bits per heavy atom. The van der Waals surface area contributed by atoms with Gasteiger partial charge in [-0.3, -0.25) is 0 Å². The van der Waals surface area contributed by atoms with Crippen LogP contribution in [0.4, 0.5) is 0 Å². The lowest BCUT2D eigenvalue weighted by Gasteiger charge is -2.10. The van der Waals surface area contributed by atoms with Crippen molar-refractivity contribution in [1.29, 1.82) is 0 Å². The van der Waals surface area contributed by atoms with Crippen LogP contribution in [0.5, 0.6) is 0 Å². The zero-order valence-corrected chi connectivity index (χ0v) is 8.17. The van der Waals surface area contributed by atoms with E-state index in [1.807, 2.05) is 26.0 Å². The molecule has 1 rings (SSSR count). The third kappa shape index (κ3) is 2.29. The first-order valence-electron chi connectivity index (χ1n) is 4.49. The average Bonchev–Trinajstić information content (AvgIpc) is 2.04. The standard InChI is InChI=1S/C11H16O2/c1-8-5-9(2)11(7-13)10(6-8)3-4-12/h5-6,12-13H,3-4,7H2,1-2H3. The normalized spacial score (nSPS) is 10.5. The van der Waals surface area contributed by atoms with Crippen molar-refractivity contribution < 1.29 is 10.2 Å². The van der Waals surface area contributed by atoms with E-state index in [0.29, 0.717) is 6.42 Å². The van der Waals surface area contributed by atoms with E-state index in [9.17, 15) is 0 Å². The van der Waals surface area contributed by atoms with Crippen LogP contribution in [0.15, 0.2) is 12.1 Å². The first kappa shape index (κ1) is 10.2. The fourth-order valence-corrected chi connectivity index (χ4v) is 1.66. The molecule has 0 spiro atoms. The predicted octanol–water partition coefficient (Wildman–Crippen LogP) is 1.33. The summed E-state index contributed by atoms with van der Waals surface area (Å²) in [5, 5.41) is 18.0. The van der Waals surface area contributed by atoms with E-state index in [-0.39, 0.29) is 13.2 Å². The van der Waals surface area contributed by atoms with E-state index in [2.05, 4.69) is 0 Å². The molecule has 72 valence electrons. The summed E-state index contributed by atoms with van der Waals surface area (Å²) in [6, 6.07) is 4.07. The molecule has 0 saturated heterocycles. The SMILES string of the molecule is Cc1cc(C)c(CO)c(CCO)c1. The Kier molecular flexibility index (Phi) is 3.46. The van der Waals surface area contributed by atoms with Crippen molar-refractivity contribution in [3.05, 3.63) is 34.4 Å². The lowest BCUT2D eigenvalue weighted by atomic mass is 9.97. The van der Waals surface area contributed by atoms with Gasteiger partial charge in [0.2, 0.25) is 0 Å². The third-order valence-corrected chi connectivity index (χ3v) is 2.25. The third-order valence-electron chi connectivity index (χ3n) is 2.25. The highest BCUT2D eigenvalue weighted by atomic mass is 16.3. The quantitative estimate of drug-likeness (QED) is 0.736. The van der Waals surface area contributed by atoms with Gasteiger partial charge in [0.25, 0.3) is 0 Å². The zero-order valence-electron chi connectivity index (χ0n) is 8.17. The highest BCUT2D eigenvalue weighted by molar-refractivity contribution is 5.37. The summed E-state index contributed by atoms with van der Waals surface area (Å²) in [4.78, 5) is 0. The summed E-state index contributed by atoms with van der Waals surface area (Å²) >= 11 is 0. The maximum atomic E-state index is 9.14. The maximum absolute atomic E-state index is 9.14. The van der Waals surface area contributed by atoms with Gasteiger partial charge in [0, 0.05) is 6.61 Å². The largest absolute Gasteiger partial charge is 0.396 e. The second kappa shape index (κ2) is 4.40. The topological polar surface area (TPSA) is 40.5 Å². The van der Waals surface area contributed by atoms with Crippen LogP contribution < -0.4 is 0 Å². The summed E-state index contributed by atoms with van der Waals surface area (Å²) in [6.07, 6.45) is 0.623. The number of hydrogen-bond acceptors (Lipinski definition) is 2. The van der Waals surface area contributed by atoms with Crippen molar-refractivity contribution in [3.8, 4) is 0 Å². The second-order valence-corrected chi connectivity index (χ2v) is 3.35. The Labute approximate surface area is 78.8 Å². The Bertz CT molecular complexity index is 292. The van der Waals surface area contributed by atoms with Crippen LogP contribution >= 0.6 is 0 Å². The molecule has 1 aromatic rings. The van der Waals surface area contributed by atoms with Crippen molar-refractivity contribution in [1.82, 2.24) is 0 Å². The van der Waals surface area contributed by atoms with Crippen LogP contribution in [0.2, 0.25) is 0 Å². The molecular weight excluding hydrogens is 164 g/mol. The lowest BCUT2D eigenvalue weighted by molar-refractivity contribution is 0.275. The highest BCUT2D eigenvalue weighted by Gasteiger charge is 2.04. The van der Waals surface area contributed by atoms with Gasteiger partial charge in [-0.15, -0.1) is 0 Å². The number of aliphatic hydroxyl groups is 2. The predicted molar refractivity (Wildman–Crippen MR) is 52.6 cm³/mol. The molecule has 2 nitrogen and oxygen atoms in total. The van der Waals surface area contributed by atoms with Crippen LogP contribution in [0.3, 0.4) is 0 Å². The van der Waals surface area contributed by atoms with Crippen LogP contribution in [-0.2, 0) is 13.0 Å². The summed E-state index contributed by atoms with van der Waals surface area (Å²) in [5.41, 5.74) is 4.30. The van der Waals surface area contributed by atoms with E-state index < -0.39 is 0 Å². The van der Waals surface area contributed by atoms with Crippen LogP contribution in [0.25, 0.3) is 0 Å². The number of benzene rings is 1. The van der Waals surface area contributed by atoms with Crippen molar-refractivity contribution in [2.24, 2.45) is 0 Å². The van der Waals surface area contributed by atoms with Gasteiger partial charge < -0.3 is 10.2 Å². The smallest absolute Gasteiger partial charge is 0.0687 e. The molecule has 0 fully saturated rings. The lowest BCUT2D eigenvalue weighted by Crippen LogP contribution is -2.01. The minimum Gasteiger partial charge on any atom is -0.396 e. The molecule has 0 aromatic heterocycles. The molecule has 0 aliphatic heterocycles. The summed E-state index contributed by atoms with van der Waals surface area (Å²) < 4.78 is 0. The molecule has 0 amide bonds. The Morgan fingerprint density at radius 3 is 2.38 bits per heavy atom. The number of rotatable bonds is 3. The van der Waals surface area contributed by atoms with Gasteiger partial charge in [-0.05, 0) is 37.0 Å². The van der Waals surface area contributed by atoms with Gasteiger partial charge in [0.15, 0.2) is 0 Å². The Hall–Kier alpha value is -0.860. The van der Waals surface area contributed by atoms with E-state index in [4.69, 9.17) is 10.2 Å². The fourth-order valence-electron chi connectivity index (χ4n) is 1.66. The molecule has 0 radical (unpaired) electrons. The molecule has 0 saturated carbocycles. The van der Waals surface area contributed by atoms with E-state index >= 15 is 0 Å². The number of aliphatic hydroxyl groups excluding tert-OH is 2. The van der Waals surface area contributed by atoms with E-state index in [0.717, 1.165) is 16.7 Å². The molecule has 0 heterocycles. The van der Waals surface area contributed by atoms with Crippen LogP contribution in [0, 0.1) is 13.8 Å². The van der Waals surface area contributed by atoms with Gasteiger partial charge in [-0.25, -0.2) is 0 Å². The minimum atomic E-state index is 0.0570. The van der Waals surface area contributed by atoms with E-state index in [1.165, 1.54) is 5.56 Å². The molecule has 2 heteroatoms. The highest BCUT2D eigenvalue weighted by Crippen LogP contribution is 2.17. The molecule has 0 atom stereocenters. The summed E-state index contributed by atoms with van der Waals surface area (Å²) in [7, 11) is 0. The molecule has 0 unspecified atom stereocenters. The second-order valence-electron chi connectivity index (χ2n) is 3.35. The zero-order chi connectivity index (χ0) is 9.84. The van der Waals surface area contributed by atoms with Crippen molar-refractivity contribution in [2.75, 3.05) is 6.61 Å². The fraction of sp³-hybridized carbons (Fsp3) is 0.455. The van der Waals surface area contributed by atoms with Crippen LogP contribution in [0.1, 0.15) is 22.3 Å². The van der Waals surface area contributed by atoms with Crippen LogP contribution in [-0.4, -0.2) is 16.8 Å². The minimum absolute atomic E-state index is 0.0570. The molecule has 0 aliphatic rings. The first-order valence-corrected chi connectivity index (χ1v) is 4.49. The van der Waals surface area contributed by atoms with Gasteiger partial charge in [-0.1, -0.05) is 17.7 Å². The number of aryl methyl sites for hydroxylation is 2.